The van der Waals surface area contributed by atoms with Gasteiger partial charge in [-0.3, -0.25) is 4.57 Å². The lowest BCUT2D eigenvalue weighted by molar-refractivity contribution is 1.04. The van der Waals surface area contributed by atoms with E-state index in [-0.39, 0.29) is 0 Å². The number of nitriles is 1. The lowest BCUT2D eigenvalue weighted by Gasteiger charge is -2.09. The molecule has 2 aromatic carbocycles. The summed E-state index contributed by atoms with van der Waals surface area (Å²) >= 11 is 0. The Morgan fingerprint density at radius 1 is 1.19 bits per heavy atom. The minimum absolute atomic E-state index is 0.429. The Kier molecular flexibility index (Phi) is 3.20. The van der Waals surface area contributed by atoms with E-state index < -0.39 is 0 Å². The summed E-state index contributed by atoms with van der Waals surface area (Å²) < 4.78 is 1.96. The Morgan fingerprint density at radius 3 is 2.67 bits per heavy atom. The first-order valence-electron chi connectivity index (χ1n) is 6.82. The van der Waals surface area contributed by atoms with Crippen LogP contribution >= 0.6 is 0 Å². The van der Waals surface area contributed by atoms with Crippen molar-refractivity contribution >= 4 is 11.0 Å². The second kappa shape index (κ2) is 5.04. The van der Waals surface area contributed by atoms with Crippen molar-refractivity contribution in [3.05, 3.63) is 58.9 Å². The smallest absolute Gasteiger partial charge is 0.101 e. The first kappa shape index (κ1) is 13.3. The number of rotatable bonds is 2. The third-order valence-electron chi connectivity index (χ3n) is 3.84. The maximum Gasteiger partial charge on any atom is 0.101 e. The van der Waals surface area contributed by atoms with Crippen molar-refractivity contribution in [1.82, 2.24) is 9.55 Å². The molecule has 0 aliphatic carbocycles. The summed E-state index contributed by atoms with van der Waals surface area (Å²) in [7, 11) is 0. The van der Waals surface area contributed by atoms with Gasteiger partial charge in [0.1, 0.15) is 12.4 Å². The van der Waals surface area contributed by atoms with Crippen LogP contribution in [-0.2, 0) is 6.54 Å². The van der Waals surface area contributed by atoms with Gasteiger partial charge in [0.25, 0.3) is 0 Å². The maximum absolute atomic E-state index is 9.38. The van der Waals surface area contributed by atoms with E-state index in [9.17, 15) is 5.26 Å². The molecule has 0 saturated carbocycles. The molecule has 4 nitrogen and oxygen atoms in total. The van der Waals surface area contributed by atoms with Crippen molar-refractivity contribution < 1.29 is 0 Å². The fraction of sp³-hybridized carbons (Fsp3) is 0.176. The number of benzene rings is 2. The predicted molar refractivity (Wildman–Crippen MR) is 83.2 cm³/mol. The number of fused-ring (bicyclic) bond motifs is 1. The summed E-state index contributed by atoms with van der Waals surface area (Å²) in [4.78, 5) is 4.44. The number of aromatic nitrogens is 2. The Balaban J connectivity index is 2.26. The van der Waals surface area contributed by atoms with Crippen LogP contribution in [0.15, 0.2) is 36.7 Å². The van der Waals surface area contributed by atoms with Crippen LogP contribution in [0.3, 0.4) is 0 Å². The van der Waals surface area contributed by atoms with Gasteiger partial charge in [0.05, 0.1) is 22.3 Å². The third kappa shape index (κ3) is 2.18. The molecule has 1 aromatic heterocycles. The Labute approximate surface area is 123 Å². The minimum atomic E-state index is 0.429. The Hall–Kier alpha value is -2.64. The second-order valence-corrected chi connectivity index (χ2v) is 5.21. The lowest BCUT2D eigenvalue weighted by atomic mass is 10.1. The van der Waals surface area contributed by atoms with E-state index in [1.54, 1.807) is 6.33 Å². The maximum atomic E-state index is 9.38. The summed E-state index contributed by atoms with van der Waals surface area (Å²) in [6, 6.07) is 12.1. The van der Waals surface area contributed by atoms with Crippen molar-refractivity contribution in [3.8, 4) is 11.8 Å². The standard InChI is InChI=1S/C17H16N4/c1-11-5-15-17(6-12(11)2)21(10-20-15)16-4-3-13(8-18)7-14(16)9-19/h3-7,10H,8,18H2,1-2H3. The highest BCUT2D eigenvalue weighted by molar-refractivity contribution is 5.80. The van der Waals surface area contributed by atoms with E-state index in [1.807, 2.05) is 22.8 Å². The zero-order valence-corrected chi connectivity index (χ0v) is 12.1. The largest absolute Gasteiger partial charge is 0.326 e. The first-order valence-corrected chi connectivity index (χ1v) is 6.82. The number of hydrogen-bond donors (Lipinski definition) is 1. The van der Waals surface area contributed by atoms with Crippen LogP contribution in [0.1, 0.15) is 22.3 Å². The molecule has 0 unspecified atom stereocenters. The molecule has 0 radical (unpaired) electrons. The number of hydrogen-bond acceptors (Lipinski definition) is 3. The quantitative estimate of drug-likeness (QED) is 0.782. The molecular formula is C17H16N4. The van der Waals surface area contributed by atoms with Gasteiger partial charge in [0.15, 0.2) is 0 Å². The van der Waals surface area contributed by atoms with Crippen molar-refractivity contribution in [3.63, 3.8) is 0 Å². The second-order valence-electron chi connectivity index (χ2n) is 5.21. The number of nitrogens with two attached hydrogens (primary N) is 1. The van der Waals surface area contributed by atoms with E-state index in [1.165, 1.54) is 11.1 Å². The fourth-order valence-corrected chi connectivity index (χ4v) is 2.47. The van der Waals surface area contributed by atoms with Crippen LogP contribution in [0.4, 0.5) is 0 Å². The molecule has 2 N–H and O–H groups in total. The van der Waals surface area contributed by atoms with Crippen LogP contribution in [0.25, 0.3) is 16.7 Å². The summed E-state index contributed by atoms with van der Waals surface area (Å²) in [5.74, 6) is 0. The highest BCUT2D eigenvalue weighted by Crippen LogP contribution is 2.24. The van der Waals surface area contributed by atoms with Gasteiger partial charge < -0.3 is 5.73 Å². The van der Waals surface area contributed by atoms with E-state index in [0.29, 0.717) is 12.1 Å². The molecule has 4 heteroatoms. The van der Waals surface area contributed by atoms with E-state index >= 15 is 0 Å². The van der Waals surface area contributed by atoms with Crippen LogP contribution in [0.5, 0.6) is 0 Å². The van der Waals surface area contributed by atoms with Crippen LogP contribution in [0.2, 0.25) is 0 Å². The highest BCUT2D eigenvalue weighted by atomic mass is 15.0. The van der Waals surface area contributed by atoms with Gasteiger partial charge in [-0.2, -0.15) is 5.26 Å². The van der Waals surface area contributed by atoms with Gasteiger partial charge in [0.2, 0.25) is 0 Å². The summed E-state index contributed by atoms with van der Waals surface area (Å²) in [6.07, 6.45) is 1.77. The average Bonchev–Trinajstić information content (AvgIpc) is 2.89. The molecule has 3 aromatic rings. The molecule has 0 fully saturated rings. The molecule has 0 amide bonds. The molecule has 0 atom stereocenters. The molecule has 104 valence electrons. The molecule has 0 aliphatic heterocycles. The highest BCUT2D eigenvalue weighted by Gasteiger charge is 2.10. The minimum Gasteiger partial charge on any atom is -0.326 e. The molecule has 1 heterocycles. The SMILES string of the molecule is Cc1cc2ncn(-c3ccc(CN)cc3C#N)c2cc1C. The monoisotopic (exact) mass is 276 g/mol. The average molecular weight is 276 g/mol. The van der Waals surface area contributed by atoms with Gasteiger partial charge in [-0.1, -0.05) is 6.07 Å². The molecular weight excluding hydrogens is 260 g/mol. The Morgan fingerprint density at radius 2 is 1.95 bits per heavy atom. The molecule has 0 bridgehead atoms. The summed E-state index contributed by atoms with van der Waals surface area (Å²) in [6.45, 7) is 4.58. The van der Waals surface area contributed by atoms with Crippen LogP contribution in [-0.4, -0.2) is 9.55 Å². The van der Waals surface area contributed by atoms with Crippen molar-refractivity contribution in [2.75, 3.05) is 0 Å². The number of aryl methyl sites for hydroxylation is 2. The van der Waals surface area contributed by atoms with Gasteiger partial charge in [-0.15, -0.1) is 0 Å². The summed E-state index contributed by atoms with van der Waals surface area (Å²) in [5.41, 5.74) is 12.4. The normalized spacial score (nSPS) is 10.8. The molecule has 0 spiro atoms. The summed E-state index contributed by atoms with van der Waals surface area (Å²) in [5, 5.41) is 9.38. The lowest BCUT2D eigenvalue weighted by Crippen LogP contribution is -2.01. The van der Waals surface area contributed by atoms with Crippen LogP contribution in [0, 0.1) is 25.2 Å². The van der Waals surface area contributed by atoms with Crippen molar-refractivity contribution in [1.29, 1.82) is 5.26 Å². The Bertz CT molecular complexity index is 868. The van der Waals surface area contributed by atoms with E-state index in [0.717, 1.165) is 22.3 Å². The van der Waals surface area contributed by atoms with Crippen molar-refractivity contribution in [2.24, 2.45) is 5.73 Å². The molecule has 0 saturated heterocycles. The molecule has 21 heavy (non-hydrogen) atoms. The fourth-order valence-electron chi connectivity index (χ4n) is 2.47. The zero-order chi connectivity index (χ0) is 15.0. The molecule has 3 rings (SSSR count). The molecule has 0 aliphatic rings. The van der Waals surface area contributed by atoms with Gasteiger partial charge in [-0.05, 0) is 54.8 Å². The number of imidazole rings is 1. The third-order valence-corrected chi connectivity index (χ3v) is 3.84. The van der Waals surface area contributed by atoms with Gasteiger partial charge in [-0.25, -0.2) is 4.98 Å². The topological polar surface area (TPSA) is 67.6 Å². The number of nitrogens with zero attached hydrogens (tertiary/aromatic N) is 3. The zero-order valence-electron chi connectivity index (χ0n) is 12.1. The van der Waals surface area contributed by atoms with E-state index in [2.05, 4.69) is 37.0 Å². The first-order chi connectivity index (χ1) is 10.1. The van der Waals surface area contributed by atoms with Gasteiger partial charge in [0, 0.05) is 6.54 Å². The van der Waals surface area contributed by atoms with Gasteiger partial charge >= 0.3 is 0 Å². The predicted octanol–water partition coefficient (Wildman–Crippen LogP) is 2.97. The van der Waals surface area contributed by atoms with Crippen LogP contribution < -0.4 is 5.73 Å². The van der Waals surface area contributed by atoms with E-state index in [4.69, 9.17) is 5.73 Å². The van der Waals surface area contributed by atoms with Crippen molar-refractivity contribution in [2.45, 2.75) is 20.4 Å².